The Morgan fingerprint density at radius 1 is 1.40 bits per heavy atom. The molecule has 0 saturated heterocycles. The van der Waals surface area contributed by atoms with Gasteiger partial charge in [0.25, 0.3) is 0 Å². The average Bonchev–Trinajstić information content (AvgIpc) is 2.15. The van der Waals surface area contributed by atoms with Crippen molar-refractivity contribution in [1.82, 2.24) is 4.90 Å². The molecule has 1 rings (SSSR count). The van der Waals surface area contributed by atoms with Gasteiger partial charge in [0.05, 0.1) is 0 Å². The molecule has 1 saturated carbocycles. The van der Waals surface area contributed by atoms with E-state index in [0.29, 0.717) is 17.7 Å². The molecule has 0 N–H and O–H groups in total. The predicted molar refractivity (Wildman–Crippen MR) is 63.9 cm³/mol. The number of hydrogen-bond donors (Lipinski definition) is 0. The van der Waals surface area contributed by atoms with E-state index in [-0.39, 0.29) is 5.54 Å². The van der Waals surface area contributed by atoms with E-state index >= 15 is 0 Å². The summed E-state index contributed by atoms with van der Waals surface area (Å²) in [5.74, 6) is 1.15. The van der Waals surface area contributed by atoms with Crippen LogP contribution in [0, 0.1) is 5.92 Å². The van der Waals surface area contributed by atoms with Gasteiger partial charge in [-0.15, -0.1) is 0 Å². The van der Waals surface area contributed by atoms with Gasteiger partial charge in [-0.1, -0.05) is 13.3 Å². The van der Waals surface area contributed by atoms with Crippen LogP contribution in [0.3, 0.4) is 0 Å². The Hall–Kier alpha value is -0.370. The molecule has 2 unspecified atom stereocenters. The highest BCUT2D eigenvalue weighted by atomic mass is 16.1. The summed E-state index contributed by atoms with van der Waals surface area (Å²) < 4.78 is 0. The van der Waals surface area contributed by atoms with Gasteiger partial charge < -0.3 is 0 Å². The molecule has 1 fully saturated rings. The lowest BCUT2D eigenvalue weighted by molar-refractivity contribution is -0.124. The minimum atomic E-state index is 0.162. The Morgan fingerprint density at radius 2 is 2.00 bits per heavy atom. The van der Waals surface area contributed by atoms with Crippen LogP contribution in [0.4, 0.5) is 0 Å². The molecule has 0 bridgehead atoms. The Balaban J connectivity index is 2.75. The van der Waals surface area contributed by atoms with Crippen LogP contribution in [0.25, 0.3) is 0 Å². The normalized spacial score (nSPS) is 28.5. The zero-order chi connectivity index (χ0) is 11.6. The molecule has 0 aromatic carbocycles. The van der Waals surface area contributed by atoms with E-state index in [1.807, 2.05) is 0 Å². The lowest BCUT2D eigenvalue weighted by Crippen LogP contribution is -2.50. The third-order valence-corrected chi connectivity index (χ3v) is 3.85. The van der Waals surface area contributed by atoms with Crippen molar-refractivity contribution in [3.63, 3.8) is 0 Å². The summed E-state index contributed by atoms with van der Waals surface area (Å²) in [5.41, 5.74) is 0.162. The van der Waals surface area contributed by atoms with Crippen LogP contribution in [-0.2, 0) is 4.79 Å². The molecule has 15 heavy (non-hydrogen) atoms. The first kappa shape index (κ1) is 12.7. The molecule has 0 radical (unpaired) electrons. The number of ketones is 1. The third-order valence-electron chi connectivity index (χ3n) is 3.85. The minimum absolute atomic E-state index is 0.162. The molecular weight excluding hydrogens is 186 g/mol. The van der Waals surface area contributed by atoms with Crippen LogP contribution in [-0.4, -0.2) is 29.3 Å². The molecule has 2 nitrogen and oxygen atoms in total. The molecule has 1 aliphatic carbocycles. The SMILES string of the molecule is CCC1CCC(=O)CC1N(C)C(C)(C)C. The molecule has 0 amide bonds. The Morgan fingerprint density at radius 3 is 2.47 bits per heavy atom. The zero-order valence-corrected chi connectivity index (χ0v) is 10.8. The van der Waals surface area contributed by atoms with Gasteiger partial charge >= 0.3 is 0 Å². The van der Waals surface area contributed by atoms with Crippen molar-refractivity contribution in [3.05, 3.63) is 0 Å². The van der Waals surface area contributed by atoms with E-state index in [0.717, 1.165) is 19.3 Å². The van der Waals surface area contributed by atoms with Crippen LogP contribution >= 0.6 is 0 Å². The minimum Gasteiger partial charge on any atom is -0.300 e. The number of carbonyl (C=O) groups is 1. The summed E-state index contributed by atoms with van der Waals surface area (Å²) >= 11 is 0. The van der Waals surface area contributed by atoms with Crippen LogP contribution in [0.2, 0.25) is 0 Å². The van der Waals surface area contributed by atoms with Gasteiger partial charge in [0.1, 0.15) is 5.78 Å². The molecule has 0 aromatic rings. The van der Waals surface area contributed by atoms with Gasteiger partial charge in [-0.25, -0.2) is 0 Å². The van der Waals surface area contributed by atoms with E-state index in [2.05, 4.69) is 39.6 Å². The standard InChI is InChI=1S/C13H25NO/c1-6-10-7-8-11(15)9-12(10)14(5)13(2,3)4/h10,12H,6-9H2,1-5H3. The average molecular weight is 211 g/mol. The fraction of sp³-hybridized carbons (Fsp3) is 0.923. The largest absolute Gasteiger partial charge is 0.300 e. The third kappa shape index (κ3) is 3.04. The zero-order valence-electron chi connectivity index (χ0n) is 10.8. The molecule has 2 heteroatoms. The fourth-order valence-corrected chi connectivity index (χ4v) is 2.47. The number of Topliss-reactive ketones (excluding diaryl/α,β-unsaturated/α-hetero) is 1. The van der Waals surface area contributed by atoms with Gasteiger partial charge in [0.15, 0.2) is 0 Å². The predicted octanol–water partition coefficient (Wildman–Crippen LogP) is 2.86. The van der Waals surface area contributed by atoms with E-state index in [9.17, 15) is 4.79 Å². The van der Waals surface area contributed by atoms with Crippen molar-refractivity contribution in [2.45, 2.75) is 65.0 Å². The highest BCUT2D eigenvalue weighted by Gasteiger charge is 2.34. The first-order chi connectivity index (χ1) is 6.86. The maximum atomic E-state index is 11.5. The first-order valence-electron chi connectivity index (χ1n) is 6.11. The van der Waals surface area contributed by atoms with E-state index in [4.69, 9.17) is 0 Å². The first-order valence-corrected chi connectivity index (χ1v) is 6.11. The number of hydrogen-bond acceptors (Lipinski definition) is 2. The Labute approximate surface area is 94.0 Å². The van der Waals surface area contributed by atoms with Crippen molar-refractivity contribution >= 4 is 5.78 Å². The fourth-order valence-electron chi connectivity index (χ4n) is 2.47. The second-order valence-electron chi connectivity index (χ2n) is 5.80. The van der Waals surface area contributed by atoms with Crippen molar-refractivity contribution in [3.8, 4) is 0 Å². The van der Waals surface area contributed by atoms with Gasteiger partial charge in [-0.2, -0.15) is 0 Å². The monoisotopic (exact) mass is 211 g/mol. The number of nitrogens with zero attached hydrogens (tertiary/aromatic N) is 1. The number of rotatable bonds is 2. The second-order valence-corrected chi connectivity index (χ2v) is 5.80. The van der Waals surface area contributed by atoms with Crippen LogP contribution in [0.5, 0.6) is 0 Å². The number of carbonyl (C=O) groups excluding carboxylic acids is 1. The Bertz CT molecular complexity index is 229. The van der Waals surface area contributed by atoms with Crippen molar-refractivity contribution < 1.29 is 4.79 Å². The van der Waals surface area contributed by atoms with Crippen LogP contribution in [0.15, 0.2) is 0 Å². The summed E-state index contributed by atoms with van der Waals surface area (Å²) in [4.78, 5) is 13.9. The van der Waals surface area contributed by atoms with E-state index in [1.165, 1.54) is 6.42 Å². The van der Waals surface area contributed by atoms with Gasteiger partial charge in [0, 0.05) is 24.4 Å². The van der Waals surface area contributed by atoms with Gasteiger partial charge in [-0.05, 0) is 40.2 Å². The topological polar surface area (TPSA) is 20.3 Å². The molecule has 0 heterocycles. The molecule has 1 aliphatic rings. The van der Waals surface area contributed by atoms with Crippen LogP contribution < -0.4 is 0 Å². The van der Waals surface area contributed by atoms with Crippen molar-refractivity contribution in [2.75, 3.05) is 7.05 Å². The lowest BCUT2D eigenvalue weighted by Gasteiger charge is -2.44. The highest BCUT2D eigenvalue weighted by molar-refractivity contribution is 5.79. The van der Waals surface area contributed by atoms with Gasteiger partial charge in [-0.3, -0.25) is 9.69 Å². The Kier molecular flexibility index (Phi) is 3.93. The molecule has 88 valence electrons. The molecule has 0 aromatic heterocycles. The van der Waals surface area contributed by atoms with Crippen LogP contribution in [0.1, 0.15) is 53.4 Å². The maximum absolute atomic E-state index is 11.5. The molecule has 2 atom stereocenters. The molecule has 0 aliphatic heterocycles. The van der Waals surface area contributed by atoms with E-state index < -0.39 is 0 Å². The summed E-state index contributed by atoms with van der Waals surface area (Å²) in [5, 5.41) is 0. The van der Waals surface area contributed by atoms with Crippen molar-refractivity contribution in [1.29, 1.82) is 0 Å². The highest BCUT2D eigenvalue weighted by Crippen LogP contribution is 2.31. The molecular formula is C13H25NO. The summed E-state index contributed by atoms with van der Waals surface area (Å²) in [6.07, 6.45) is 3.83. The smallest absolute Gasteiger partial charge is 0.134 e. The van der Waals surface area contributed by atoms with E-state index in [1.54, 1.807) is 0 Å². The maximum Gasteiger partial charge on any atom is 0.134 e. The summed E-state index contributed by atoms with van der Waals surface area (Å²) in [6.45, 7) is 8.90. The molecule has 0 spiro atoms. The summed E-state index contributed by atoms with van der Waals surface area (Å²) in [6, 6.07) is 0.455. The van der Waals surface area contributed by atoms with Gasteiger partial charge in [0.2, 0.25) is 0 Å². The van der Waals surface area contributed by atoms with Crippen molar-refractivity contribution in [2.24, 2.45) is 5.92 Å². The summed E-state index contributed by atoms with van der Waals surface area (Å²) in [7, 11) is 2.16. The quantitative estimate of drug-likeness (QED) is 0.700. The second kappa shape index (κ2) is 4.65. The lowest BCUT2D eigenvalue weighted by atomic mass is 9.80.